The highest BCUT2D eigenvalue weighted by atomic mass is 15.3. The third kappa shape index (κ3) is 5.70. The molecule has 0 radical (unpaired) electrons. The Morgan fingerprint density at radius 1 is 0.379 bits per heavy atom. The second-order valence-electron chi connectivity index (χ2n) is 17.6. The van der Waals surface area contributed by atoms with Crippen LogP contribution in [0.1, 0.15) is 45.1 Å². The van der Waals surface area contributed by atoms with Crippen LogP contribution in [0, 0.1) is 0 Å². The molecular weight excluding hydrogens is 799 g/mol. The molecule has 0 N–H and O–H groups in total. The van der Waals surface area contributed by atoms with Crippen LogP contribution in [0.3, 0.4) is 0 Å². The smallest absolute Gasteiger partial charge is 0.159 e. The molecule has 1 heterocycles. The summed E-state index contributed by atoms with van der Waals surface area (Å²) in [6, 6.07) is 86.4. The number of rotatable bonds is 6. The van der Waals surface area contributed by atoms with E-state index in [0.717, 1.165) is 39.5 Å². The Morgan fingerprint density at radius 3 is 1.64 bits per heavy atom. The standard InChI is InChI=1S/C63H43N3/c1-66-61(64-60(44-21-6-3-7-22-44)65-62(66)47-24-16-23-46(40-47)41-18-4-2-5-19-41)45-36-34-43(35-37-45)58-48-25-9-8-20-42(48)38-39-52(58)51-29-17-33-57-59(51)53-28-12-15-32-56(53)63(57)54-30-13-10-26-49(54)50-27-11-14-31-55(50)63/h2-40,61H,1H3. The largest absolute Gasteiger partial charge is 0.333 e. The van der Waals surface area contributed by atoms with Gasteiger partial charge >= 0.3 is 0 Å². The first-order valence-corrected chi connectivity index (χ1v) is 22.8. The number of fused-ring (bicyclic) bond motifs is 11. The summed E-state index contributed by atoms with van der Waals surface area (Å²) in [6.07, 6.45) is -0.295. The average Bonchev–Trinajstić information content (AvgIpc) is 3.87. The van der Waals surface area contributed by atoms with Gasteiger partial charge in [0.15, 0.2) is 5.84 Å². The number of amidine groups is 2. The third-order valence-corrected chi connectivity index (χ3v) is 14.2. The van der Waals surface area contributed by atoms with Crippen molar-refractivity contribution in [3.8, 4) is 55.6 Å². The van der Waals surface area contributed by atoms with E-state index in [2.05, 4.69) is 242 Å². The first-order chi connectivity index (χ1) is 32.7. The van der Waals surface area contributed by atoms with E-state index in [0.29, 0.717) is 0 Å². The topological polar surface area (TPSA) is 28.0 Å². The minimum atomic E-state index is -0.413. The molecule has 3 nitrogen and oxygen atoms in total. The summed E-state index contributed by atoms with van der Waals surface area (Å²) in [4.78, 5) is 12.8. The molecule has 3 heteroatoms. The molecule has 2 aliphatic carbocycles. The highest BCUT2D eigenvalue weighted by Gasteiger charge is 2.52. The third-order valence-electron chi connectivity index (χ3n) is 14.2. The molecule has 1 spiro atoms. The van der Waals surface area contributed by atoms with Gasteiger partial charge in [0, 0.05) is 18.2 Å². The Balaban J connectivity index is 0.958. The van der Waals surface area contributed by atoms with E-state index in [1.165, 1.54) is 77.5 Å². The monoisotopic (exact) mass is 841 g/mol. The normalized spacial score (nSPS) is 15.2. The van der Waals surface area contributed by atoms with Crippen LogP contribution < -0.4 is 0 Å². The lowest BCUT2D eigenvalue weighted by Gasteiger charge is -2.32. The molecule has 66 heavy (non-hydrogen) atoms. The lowest BCUT2D eigenvalue weighted by Crippen LogP contribution is -2.35. The zero-order valence-corrected chi connectivity index (χ0v) is 36.4. The first-order valence-electron chi connectivity index (χ1n) is 22.8. The van der Waals surface area contributed by atoms with Gasteiger partial charge in [-0.25, -0.2) is 9.98 Å². The van der Waals surface area contributed by atoms with Gasteiger partial charge in [-0.2, -0.15) is 0 Å². The van der Waals surface area contributed by atoms with Crippen LogP contribution in [0.4, 0.5) is 0 Å². The van der Waals surface area contributed by atoms with Crippen molar-refractivity contribution in [1.29, 1.82) is 0 Å². The minimum absolute atomic E-state index is 0.295. The van der Waals surface area contributed by atoms with E-state index in [1.807, 2.05) is 6.07 Å². The van der Waals surface area contributed by atoms with Crippen LogP contribution >= 0.6 is 0 Å². The molecule has 1 unspecified atom stereocenters. The van der Waals surface area contributed by atoms with Crippen molar-refractivity contribution >= 4 is 22.4 Å². The summed E-state index contributed by atoms with van der Waals surface area (Å²) < 4.78 is 0. The summed E-state index contributed by atoms with van der Waals surface area (Å²) in [5.41, 5.74) is 20.5. The van der Waals surface area contributed by atoms with E-state index >= 15 is 0 Å². The van der Waals surface area contributed by atoms with E-state index in [4.69, 9.17) is 9.98 Å². The van der Waals surface area contributed by atoms with Crippen LogP contribution in [0.15, 0.2) is 247 Å². The maximum atomic E-state index is 5.36. The number of aliphatic imine (C=N–C) groups is 2. The molecule has 0 amide bonds. The average molecular weight is 842 g/mol. The van der Waals surface area contributed by atoms with Gasteiger partial charge < -0.3 is 4.90 Å². The predicted octanol–water partition coefficient (Wildman–Crippen LogP) is 15.0. The number of benzene rings is 10. The number of hydrogen-bond donors (Lipinski definition) is 0. The predicted molar refractivity (Wildman–Crippen MR) is 273 cm³/mol. The van der Waals surface area contributed by atoms with E-state index < -0.39 is 5.41 Å². The van der Waals surface area contributed by atoms with Gasteiger partial charge in [-0.15, -0.1) is 0 Å². The van der Waals surface area contributed by atoms with Crippen LogP contribution in [0.2, 0.25) is 0 Å². The van der Waals surface area contributed by atoms with Crippen molar-refractivity contribution in [2.75, 3.05) is 7.05 Å². The fraction of sp³-hybridized carbons (Fsp3) is 0.0476. The minimum Gasteiger partial charge on any atom is -0.333 e. The van der Waals surface area contributed by atoms with Gasteiger partial charge in [0.05, 0.1) is 5.41 Å². The summed E-state index contributed by atoms with van der Waals surface area (Å²) in [5.74, 6) is 1.61. The molecule has 3 aliphatic rings. The number of hydrogen-bond acceptors (Lipinski definition) is 3. The van der Waals surface area contributed by atoms with Crippen LogP contribution in [-0.2, 0) is 5.41 Å². The SMILES string of the molecule is CN1C(c2cccc(-c3ccccc3)c2)=NC(c2ccccc2)=NC1c1ccc(-c2c(-c3cccc4c3-c3ccccc3C43c4ccccc4-c4ccccc43)ccc3ccccc23)cc1. The maximum absolute atomic E-state index is 5.36. The zero-order valence-electron chi connectivity index (χ0n) is 36.4. The molecule has 1 aliphatic heterocycles. The molecule has 0 saturated carbocycles. The zero-order chi connectivity index (χ0) is 43.8. The van der Waals surface area contributed by atoms with E-state index in [9.17, 15) is 0 Å². The molecule has 1 atom stereocenters. The molecular formula is C63H43N3. The van der Waals surface area contributed by atoms with Crippen LogP contribution in [-0.4, -0.2) is 23.6 Å². The molecule has 0 aromatic heterocycles. The Bertz CT molecular complexity index is 3560. The van der Waals surface area contributed by atoms with Gasteiger partial charge in [0.25, 0.3) is 0 Å². The van der Waals surface area contributed by atoms with Crippen molar-refractivity contribution in [3.63, 3.8) is 0 Å². The van der Waals surface area contributed by atoms with Crippen LogP contribution in [0.5, 0.6) is 0 Å². The lowest BCUT2D eigenvalue weighted by atomic mass is 9.70. The van der Waals surface area contributed by atoms with Gasteiger partial charge in [0.1, 0.15) is 12.0 Å². The summed E-state index contributed by atoms with van der Waals surface area (Å²) in [5, 5.41) is 2.44. The summed E-state index contributed by atoms with van der Waals surface area (Å²) >= 11 is 0. The van der Waals surface area contributed by atoms with Crippen molar-refractivity contribution < 1.29 is 0 Å². The Morgan fingerprint density at radius 2 is 0.909 bits per heavy atom. The van der Waals surface area contributed by atoms with Crippen LogP contribution in [0.25, 0.3) is 66.4 Å². The van der Waals surface area contributed by atoms with E-state index in [-0.39, 0.29) is 6.17 Å². The highest BCUT2D eigenvalue weighted by Crippen LogP contribution is 2.64. The van der Waals surface area contributed by atoms with Gasteiger partial charge in [-0.1, -0.05) is 231 Å². The van der Waals surface area contributed by atoms with E-state index in [1.54, 1.807) is 0 Å². The molecule has 0 fully saturated rings. The molecule has 10 aromatic carbocycles. The molecule has 10 aromatic rings. The fourth-order valence-electron chi connectivity index (χ4n) is 11.3. The molecule has 0 bridgehead atoms. The quantitative estimate of drug-likeness (QED) is 0.164. The fourth-order valence-corrected chi connectivity index (χ4v) is 11.3. The van der Waals surface area contributed by atoms with Gasteiger partial charge in [-0.3, -0.25) is 0 Å². The Labute approximate surface area is 385 Å². The van der Waals surface area contributed by atoms with Gasteiger partial charge in [0.2, 0.25) is 0 Å². The van der Waals surface area contributed by atoms with Gasteiger partial charge in [-0.05, 0) is 100 Å². The molecule has 310 valence electrons. The first kappa shape index (κ1) is 38.1. The Kier molecular flexibility index (Phi) is 8.72. The maximum Gasteiger partial charge on any atom is 0.159 e. The van der Waals surface area contributed by atoms with Crippen molar-refractivity contribution in [2.45, 2.75) is 11.6 Å². The highest BCUT2D eigenvalue weighted by molar-refractivity contribution is 6.13. The number of nitrogens with zero attached hydrogens (tertiary/aromatic N) is 3. The lowest BCUT2D eigenvalue weighted by molar-refractivity contribution is 0.383. The summed E-state index contributed by atoms with van der Waals surface area (Å²) in [6.45, 7) is 0. The van der Waals surface area contributed by atoms with Crippen molar-refractivity contribution in [3.05, 3.63) is 276 Å². The summed E-state index contributed by atoms with van der Waals surface area (Å²) in [7, 11) is 2.11. The second-order valence-corrected chi connectivity index (χ2v) is 17.6. The Hall–Kier alpha value is -8.40. The molecule has 13 rings (SSSR count). The van der Waals surface area contributed by atoms with Crippen molar-refractivity contribution in [1.82, 2.24) is 4.90 Å². The van der Waals surface area contributed by atoms with Crippen molar-refractivity contribution in [2.24, 2.45) is 9.98 Å². The molecule has 0 saturated heterocycles. The second kappa shape index (κ2) is 15.1.